The molecule has 0 unspecified atom stereocenters. The largest absolute Gasteiger partial charge is 0.454 e. The molecule has 1 aromatic carbocycles. The first-order valence-corrected chi connectivity index (χ1v) is 6.31. The van der Waals surface area contributed by atoms with Gasteiger partial charge in [0.15, 0.2) is 10.8 Å². The summed E-state index contributed by atoms with van der Waals surface area (Å²) < 4.78 is 6.59. The molecule has 0 atom stereocenters. The molecule has 94 valence electrons. The second-order valence-electron chi connectivity index (χ2n) is 3.79. The van der Waals surface area contributed by atoms with Crippen LogP contribution in [0.15, 0.2) is 47.0 Å². The van der Waals surface area contributed by atoms with Crippen molar-refractivity contribution in [1.82, 2.24) is 4.98 Å². The Morgan fingerprint density at radius 3 is 2.89 bits per heavy atom. The topological polar surface area (TPSA) is 69.2 Å². The summed E-state index contributed by atoms with van der Waals surface area (Å²) >= 11 is 1.53. The van der Waals surface area contributed by atoms with E-state index in [0.717, 1.165) is 21.4 Å². The molecule has 0 fully saturated rings. The van der Waals surface area contributed by atoms with Crippen molar-refractivity contribution in [2.24, 2.45) is 0 Å². The van der Waals surface area contributed by atoms with Crippen LogP contribution in [-0.4, -0.2) is 9.91 Å². The third kappa shape index (κ3) is 2.38. The molecule has 0 spiro atoms. The molecule has 0 aliphatic carbocycles. The van der Waals surface area contributed by atoms with E-state index in [-0.39, 0.29) is 0 Å². The zero-order valence-corrected chi connectivity index (χ0v) is 10.5. The first-order chi connectivity index (χ1) is 9.22. The Balaban J connectivity index is 1.96. The van der Waals surface area contributed by atoms with Gasteiger partial charge in [-0.1, -0.05) is 12.1 Å². The van der Waals surface area contributed by atoms with Gasteiger partial charge in [-0.25, -0.2) is 4.98 Å². The molecule has 3 aromatic rings. The highest BCUT2D eigenvalue weighted by Crippen LogP contribution is 2.31. The fourth-order valence-corrected chi connectivity index (χ4v) is 2.60. The maximum Gasteiger partial charge on any atom is 0.238 e. The molecule has 0 saturated heterocycles. The van der Waals surface area contributed by atoms with Crippen molar-refractivity contribution < 1.29 is 9.34 Å². The van der Waals surface area contributed by atoms with E-state index in [0.29, 0.717) is 11.5 Å². The van der Waals surface area contributed by atoms with Gasteiger partial charge in [0.1, 0.15) is 5.76 Å². The predicted molar refractivity (Wildman–Crippen MR) is 73.4 cm³/mol. The van der Waals surface area contributed by atoms with Crippen molar-refractivity contribution in [2.75, 3.05) is 0 Å². The molecule has 0 amide bonds. The quantitative estimate of drug-likeness (QED) is 0.537. The van der Waals surface area contributed by atoms with E-state index in [1.807, 2.05) is 24.3 Å². The molecule has 5 nitrogen and oxygen atoms in total. The summed E-state index contributed by atoms with van der Waals surface area (Å²) in [5, 5.41) is 11.0. The number of hydrogen-bond donors (Lipinski definition) is 0. The standard InChI is InChI=1S/C13H8N2O3S/c16-15(17)8-7-9-5-6-11(18-9)13-14-10-3-1-2-4-12(10)19-13/h1-8H/b8-7+. The summed E-state index contributed by atoms with van der Waals surface area (Å²) in [5.74, 6) is 1.05. The first kappa shape index (κ1) is 11.6. The number of furan rings is 1. The van der Waals surface area contributed by atoms with Crippen molar-refractivity contribution in [1.29, 1.82) is 0 Å². The molecule has 0 aliphatic rings. The Labute approximate surface area is 112 Å². The second kappa shape index (κ2) is 4.66. The normalized spacial score (nSPS) is 11.4. The molecular weight excluding hydrogens is 264 g/mol. The second-order valence-corrected chi connectivity index (χ2v) is 4.82. The highest BCUT2D eigenvalue weighted by molar-refractivity contribution is 7.21. The van der Waals surface area contributed by atoms with Crippen LogP contribution in [-0.2, 0) is 0 Å². The van der Waals surface area contributed by atoms with Crippen LogP contribution in [0.3, 0.4) is 0 Å². The van der Waals surface area contributed by atoms with Crippen LogP contribution >= 0.6 is 11.3 Å². The monoisotopic (exact) mass is 272 g/mol. The Hall–Kier alpha value is -2.47. The van der Waals surface area contributed by atoms with E-state index in [9.17, 15) is 10.1 Å². The van der Waals surface area contributed by atoms with Gasteiger partial charge in [0.2, 0.25) is 6.20 Å². The smallest absolute Gasteiger partial charge is 0.238 e. The van der Waals surface area contributed by atoms with Crippen LogP contribution in [0.4, 0.5) is 0 Å². The van der Waals surface area contributed by atoms with Gasteiger partial charge in [-0.2, -0.15) is 0 Å². The minimum absolute atomic E-state index is 0.436. The number of nitro groups is 1. The Morgan fingerprint density at radius 2 is 2.11 bits per heavy atom. The summed E-state index contributed by atoms with van der Waals surface area (Å²) in [6.07, 6.45) is 2.16. The molecule has 2 heterocycles. The van der Waals surface area contributed by atoms with Crippen LogP contribution in [0, 0.1) is 10.1 Å². The number of aromatic nitrogens is 1. The van der Waals surface area contributed by atoms with Crippen molar-refractivity contribution in [2.45, 2.75) is 0 Å². The molecule has 6 heteroatoms. The highest BCUT2D eigenvalue weighted by atomic mass is 32.1. The predicted octanol–water partition coefficient (Wildman–Crippen LogP) is 3.80. The zero-order chi connectivity index (χ0) is 13.2. The van der Waals surface area contributed by atoms with Gasteiger partial charge in [0, 0.05) is 0 Å². The lowest BCUT2D eigenvalue weighted by molar-refractivity contribution is -0.401. The van der Waals surface area contributed by atoms with Crippen LogP contribution in [0.25, 0.3) is 27.1 Å². The van der Waals surface area contributed by atoms with Gasteiger partial charge in [0.05, 0.1) is 21.2 Å². The molecular formula is C13H8N2O3S. The van der Waals surface area contributed by atoms with Crippen molar-refractivity contribution in [3.05, 3.63) is 58.5 Å². The van der Waals surface area contributed by atoms with Crippen LogP contribution in [0.2, 0.25) is 0 Å². The van der Waals surface area contributed by atoms with Gasteiger partial charge in [-0.05, 0) is 24.3 Å². The molecule has 0 aliphatic heterocycles. The fourth-order valence-electron chi connectivity index (χ4n) is 1.67. The lowest BCUT2D eigenvalue weighted by Gasteiger charge is -1.87. The number of para-hydroxylation sites is 1. The van der Waals surface area contributed by atoms with Gasteiger partial charge in [-0.3, -0.25) is 10.1 Å². The number of hydrogen-bond acceptors (Lipinski definition) is 5. The van der Waals surface area contributed by atoms with E-state index in [4.69, 9.17) is 4.42 Å². The number of rotatable bonds is 3. The van der Waals surface area contributed by atoms with Crippen molar-refractivity contribution >= 4 is 27.6 Å². The summed E-state index contributed by atoms with van der Waals surface area (Å²) in [6, 6.07) is 11.3. The molecule has 2 aromatic heterocycles. The summed E-state index contributed by atoms with van der Waals surface area (Å²) in [4.78, 5) is 14.2. The molecule has 0 radical (unpaired) electrons. The molecule has 0 bridgehead atoms. The minimum atomic E-state index is -0.528. The van der Waals surface area contributed by atoms with Crippen LogP contribution < -0.4 is 0 Å². The van der Waals surface area contributed by atoms with Crippen molar-refractivity contribution in [3.8, 4) is 10.8 Å². The summed E-state index contributed by atoms with van der Waals surface area (Å²) in [5.41, 5.74) is 0.918. The maximum absolute atomic E-state index is 10.2. The Kier molecular flexibility index (Phi) is 2.85. The Morgan fingerprint density at radius 1 is 1.26 bits per heavy atom. The van der Waals surface area contributed by atoms with Crippen LogP contribution in [0.5, 0.6) is 0 Å². The van der Waals surface area contributed by atoms with E-state index in [1.54, 1.807) is 12.1 Å². The molecule has 0 N–H and O–H groups in total. The Bertz CT molecular complexity index is 740. The fraction of sp³-hybridized carbons (Fsp3) is 0. The number of fused-ring (bicyclic) bond motifs is 1. The molecule has 3 rings (SSSR count). The zero-order valence-electron chi connectivity index (χ0n) is 9.65. The third-order valence-electron chi connectivity index (χ3n) is 2.49. The average Bonchev–Trinajstić information content (AvgIpc) is 3.02. The van der Waals surface area contributed by atoms with E-state index in [2.05, 4.69) is 4.98 Å². The van der Waals surface area contributed by atoms with Crippen LogP contribution in [0.1, 0.15) is 5.76 Å². The lowest BCUT2D eigenvalue weighted by Crippen LogP contribution is -1.80. The van der Waals surface area contributed by atoms with E-state index in [1.165, 1.54) is 17.4 Å². The molecule has 19 heavy (non-hydrogen) atoms. The average molecular weight is 272 g/mol. The first-order valence-electron chi connectivity index (χ1n) is 5.50. The number of thiazole rings is 1. The SMILES string of the molecule is O=[N+]([O-])/C=C/c1ccc(-c2nc3ccccc3s2)o1. The van der Waals surface area contributed by atoms with Gasteiger partial charge in [-0.15, -0.1) is 11.3 Å². The molecule has 0 saturated carbocycles. The summed E-state index contributed by atoms with van der Waals surface area (Å²) in [6.45, 7) is 0. The van der Waals surface area contributed by atoms with Gasteiger partial charge >= 0.3 is 0 Å². The van der Waals surface area contributed by atoms with Crippen molar-refractivity contribution in [3.63, 3.8) is 0 Å². The maximum atomic E-state index is 10.2. The highest BCUT2D eigenvalue weighted by Gasteiger charge is 2.09. The van der Waals surface area contributed by atoms with E-state index < -0.39 is 4.92 Å². The third-order valence-corrected chi connectivity index (χ3v) is 3.54. The van der Waals surface area contributed by atoms with Gasteiger partial charge < -0.3 is 4.42 Å². The van der Waals surface area contributed by atoms with E-state index >= 15 is 0 Å². The minimum Gasteiger partial charge on any atom is -0.454 e. The summed E-state index contributed by atoms with van der Waals surface area (Å²) in [7, 11) is 0. The van der Waals surface area contributed by atoms with Gasteiger partial charge in [0.25, 0.3) is 0 Å². The number of benzene rings is 1. The lowest BCUT2D eigenvalue weighted by atomic mass is 10.3. The number of nitrogens with zero attached hydrogens (tertiary/aromatic N) is 2.